The van der Waals surface area contributed by atoms with Gasteiger partial charge in [0, 0.05) is 5.70 Å². The molecule has 1 fully saturated rings. The lowest BCUT2D eigenvalue weighted by atomic mass is 9.89. The monoisotopic (exact) mass is 298 g/mol. The number of rotatable bonds is 3. The fourth-order valence-corrected chi connectivity index (χ4v) is 2.56. The third-order valence-electron chi connectivity index (χ3n) is 3.49. The van der Waals surface area contributed by atoms with Gasteiger partial charge in [0.2, 0.25) is 0 Å². The third kappa shape index (κ3) is 3.04. The van der Waals surface area contributed by atoms with E-state index in [1.165, 1.54) is 0 Å². The zero-order chi connectivity index (χ0) is 15.7. The van der Waals surface area contributed by atoms with Crippen LogP contribution < -0.4 is 5.32 Å². The molecule has 21 heavy (non-hydrogen) atoms. The van der Waals surface area contributed by atoms with Crippen LogP contribution in [0.15, 0.2) is 42.1 Å². The summed E-state index contributed by atoms with van der Waals surface area (Å²) in [6, 6.07) is 8.27. The number of amides is 2. The summed E-state index contributed by atoms with van der Waals surface area (Å²) >= 11 is 0. The van der Waals surface area contributed by atoms with Crippen LogP contribution >= 0.6 is 0 Å². The minimum atomic E-state index is -4.44. The van der Waals surface area contributed by atoms with E-state index in [-0.39, 0.29) is 0 Å². The Balaban J connectivity index is 2.45. The fourth-order valence-electron chi connectivity index (χ4n) is 2.56. The molecule has 0 aromatic heterocycles. The molecule has 0 radical (unpaired) electrons. The van der Waals surface area contributed by atoms with Crippen LogP contribution in [0.3, 0.4) is 0 Å². The molecule has 114 valence electrons. The number of carbonyl (C=O) groups is 1. The third-order valence-corrected chi connectivity index (χ3v) is 3.49. The molecule has 1 unspecified atom stereocenters. The summed E-state index contributed by atoms with van der Waals surface area (Å²) in [7, 11) is 0. The largest absolute Gasteiger partial charge is 0.406 e. The highest BCUT2D eigenvalue weighted by atomic mass is 19.4. The molecule has 3 nitrogen and oxygen atoms in total. The molecule has 0 spiro atoms. The maximum Gasteiger partial charge on any atom is 0.406 e. The van der Waals surface area contributed by atoms with E-state index in [1.807, 2.05) is 13.0 Å². The van der Waals surface area contributed by atoms with Crippen molar-refractivity contribution in [2.24, 2.45) is 0 Å². The first-order chi connectivity index (χ1) is 9.78. The second-order valence-corrected chi connectivity index (χ2v) is 5.12. The van der Waals surface area contributed by atoms with Crippen molar-refractivity contribution in [2.75, 3.05) is 6.54 Å². The van der Waals surface area contributed by atoms with Gasteiger partial charge in [-0.3, -0.25) is 4.90 Å². The lowest BCUT2D eigenvalue weighted by molar-refractivity contribution is -0.136. The number of alkyl halides is 3. The van der Waals surface area contributed by atoms with E-state index >= 15 is 0 Å². The average molecular weight is 298 g/mol. The molecule has 2 amide bonds. The van der Waals surface area contributed by atoms with Gasteiger partial charge in [0.05, 0.1) is 0 Å². The second-order valence-electron chi connectivity index (χ2n) is 5.12. The average Bonchev–Trinajstić information content (AvgIpc) is 2.64. The van der Waals surface area contributed by atoms with Crippen molar-refractivity contribution < 1.29 is 18.0 Å². The van der Waals surface area contributed by atoms with Crippen molar-refractivity contribution in [3.05, 3.63) is 47.7 Å². The molecule has 1 aromatic carbocycles. The number of nitrogens with one attached hydrogen (secondary N) is 1. The summed E-state index contributed by atoms with van der Waals surface area (Å²) in [6.45, 7) is 2.26. The van der Waals surface area contributed by atoms with Gasteiger partial charge in [-0.05, 0) is 18.9 Å². The summed E-state index contributed by atoms with van der Waals surface area (Å²) < 4.78 is 38.1. The minimum absolute atomic E-state index is 0.346. The Morgan fingerprint density at radius 1 is 1.29 bits per heavy atom. The maximum absolute atomic E-state index is 12.7. The fraction of sp³-hybridized carbons (Fsp3) is 0.400. The molecular formula is C15H17F3N2O. The molecule has 1 aromatic rings. The SMILES string of the molecule is CC/C=C1\N(CC(F)(F)F)C(=O)NC1(C)c1ccccc1. The first kappa shape index (κ1) is 15.4. The second kappa shape index (κ2) is 5.42. The first-order valence-electron chi connectivity index (χ1n) is 6.70. The quantitative estimate of drug-likeness (QED) is 0.905. The summed E-state index contributed by atoms with van der Waals surface area (Å²) in [5, 5.41) is 2.67. The molecule has 2 rings (SSSR count). The smallest absolute Gasteiger partial charge is 0.323 e. The van der Waals surface area contributed by atoms with Gasteiger partial charge in [-0.1, -0.05) is 43.3 Å². The Morgan fingerprint density at radius 3 is 2.43 bits per heavy atom. The number of halogens is 3. The summed E-state index contributed by atoms with van der Waals surface area (Å²) in [6.07, 6.45) is -2.23. The number of allylic oxidation sites excluding steroid dienone is 1. The molecule has 1 N–H and O–H groups in total. The molecule has 1 heterocycles. The molecule has 6 heteroatoms. The van der Waals surface area contributed by atoms with Crippen molar-refractivity contribution in [3.63, 3.8) is 0 Å². The molecule has 0 bridgehead atoms. The van der Waals surface area contributed by atoms with Crippen molar-refractivity contribution in [1.29, 1.82) is 0 Å². The van der Waals surface area contributed by atoms with E-state index < -0.39 is 24.3 Å². The van der Waals surface area contributed by atoms with Crippen LogP contribution in [0.4, 0.5) is 18.0 Å². The number of carbonyl (C=O) groups excluding carboxylic acids is 1. The minimum Gasteiger partial charge on any atom is -0.323 e. The lowest BCUT2D eigenvalue weighted by Gasteiger charge is -2.28. The van der Waals surface area contributed by atoms with Crippen molar-refractivity contribution in [1.82, 2.24) is 10.2 Å². The van der Waals surface area contributed by atoms with E-state index in [0.29, 0.717) is 12.1 Å². The van der Waals surface area contributed by atoms with Crippen LogP contribution in [0.2, 0.25) is 0 Å². The predicted molar refractivity (Wildman–Crippen MR) is 73.5 cm³/mol. The van der Waals surface area contributed by atoms with E-state index in [1.54, 1.807) is 37.3 Å². The molecule has 0 aliphatic carbocycles. The van der Waals surface area contributed by atoms with E-state index in [4.69, 9.17) is 0 Å². The highest BCUT2D eigenvalue weighted by Gasteiger charge is 2.48. The zero-order valence-corrected chi connectivity index (χ0v) is 11.9. The van der Waals surface area contributed by atoms with E-state index in [9.17, 15) is 18.0 Å². The Hall–Kier alpha value is -1.98. The van der Waals surface area contributed by atoms with Crippen LogP contribution in [0.1, 0.15) is 25.8 Å². The summed E-state index contributed by atoms with van der Waals surface area (Å²) in [5.41, 5.74) is 0.154. The standard InChI is InChI=1S/C15H17F3N2O/c1-3-7-12-14(2,11-8-5-4-6-9-11)19-13(21)20(12)10-15(16,17)18/h4-9H,3,10H2,1-2H3,(H,19,21)/b12-7-. The van der Waals surface area contributed by atoms with Crippen molar-refractivity contribution in [3.8, 4) is 0 Å². The van der Waals surface area contributed by atoms with E-state index in [0.717, 1.165) is 10.5 Å². The molecule has 1 saturated heterocycles. The number of nitrogens with zero attached hydrogens (tertiary/aromatic N) is 1. The number of urea groups is 1. The van der Waals surface area contributed by atoms with Crippen LogP contribution in [0.25, 0.3) is 0 Å². The van der Waals surface area contributed by atoms with Crippen LogP contribution in [0, 0.1) is 0 Å². The topological polar surface area (TPSA) is 32.3 Å². The highest BCUT2D eigenvalue weighted by Crippen LogP contribution is 2.38. The van der Waals surface area contributed by atoms with Crippen LogP contribution in [-0.4, -0.2) is 23.7 Å². The van der Waals surface area contributed by atoms with Gasteiger partial charge in [-0.2, -0.15) is 13.2 Å². The number of benzene rings is 1. The Morgan fingerprint density at radius 2 is 1.90 bits per heavy atom. The van der Waals surface area contributed by atoms with Gasteiger partial charge >= 0.3 is 12.2 Å². The number of hydrogen-bond acceptors (Lipinski definition) is 1. The van der Waals surface area contributed by atoms with Crippen LogP contribution in [0.5, 0.6) is 0 Å². The summed E-state index contributed by atoms with van der Waals surface area (Å²) in [4.78, 5) is 12.8. The lowest BCUT2D eigenvalue weighted by Crippen LogP contribution is -2.36. The Labute approximate surface area is 121 Å². The Bertz CT molecular complexity index is 554. The van der Waals surface area contributed by atoms with Gasteiger partial charge in [0.1, 0.15) is 12.1 Å². The van der Waals surface area contributed by atoms with Gasteiger partial charge in [0.15, 0.2) is 0 Å². The van der Waals surface area contributed by atoms with Crippen LogP contribution in [-0.2, 0) is 5.54 Å². The summed E-state index contributed by atoms with van der Waals surface area (Å²) in [5.74, 6) is 0. The van der Waals surface area contributed by atoms with Crippen molar-refractivity contribution in [2.45, 2.75) is 32.0 Å². The number of hydrogen-bond donors (Lipinski definition) is 1. The molecule has 0 saturated carbocycles. The van der Waals surface area contributed by atoms with Gasteiger partial charge in [0.25, 0.3) is 0 Å². The molecule has 1 aliphatic heterocycles. The van der Waals surface area contributed by atoms with E-state index in [2.05, 4.69) is 5.32 Å². The first-order valence-corrected chi connectivity index (χ1v) is 6.70. The molecular weight excluding hydrogens is 281 g/mol. The van der Waals surface area contributed by atoms with Gasteiger partial charge < -0.3 is 5.32 Å². The zero-order valence-electron chi connectivity index (χ0n) is 11.9. The Kier molecular flexibility index (Phi) is 3.98. The maximum atomic E-state index is 12.7. The van der Waals surface area contributed by atoms with Gasteiger partial charge in [-0.25, -0.2) is 4.79 Å². The predicted octanol–water partition coefficient (Wildman–Crippen LogP) is 3.78. The molecule has 1 aliphatic rings. The van der Waals surface area contributed by atoms with Crippen molar-refractivity contribution >= 4 is 6.03 Å². The van der Waals surface area contributed by atoms with Gasteiger partial charge in [-0.15, -0.1) is 0 Å². The highest BCUT2D eigenvalue weighted by molar-refractivity contribution is 5.82. The normalized spacial score (nSPS) is 24.5. The molecule has 1 atom stereocenters.